The number of phenols is 2. The van der Waals surface area contributed by atoms with Crippen molar-refractivity contribution in [3.63, 3.8) is 0 Å². The summed E-state index contributed by atoms with van der Waals surface area (Å²) in [5, 5.41) is 22.7. The largest absolute Gasteiger partial charge is 0.508 e. The van der Waals surface area contributed by atoms with E-state index in [1.165, 1.54) is 18.2 Å². The van der Waals surface area contributed by atoms with E-state index < -0.39 is 5.60 Å². The molecule has 1 amide bonds. The topological polar surface area (TPSA) is 82.0 Å². The SMILES string of the molecule is CC(C)(C)OC(=O)N1CCNC(c2cc(O)ccc2O)C1. The van der Waals surface area contributed by atoms with Gasteiger partial charge >= 0.3 is 6.09 Å². The molecule has 3 N–H and O–H groups in total. The molecule has 0 aromatic heterocycles. The zero-order valence-corrected chi connectivity index (χ0v) is 12.6. The number of nitrogens with zero attached hydrogens (tertiary/aromatic N) is 1. The molecule has 6 nitrogen and oxygen atoms in total. The summed E-state index contributed by atoms with van der Waals surface area (Å²) in [7, 11) is 0. The van der Waals surface area contributed by atoms with Gasteiger partial charge in [-0.25, -0.2) is 4.79 Å². The van der Waals surface area contributed by atoms with Crippen LogP contribution in [0.4, 0.5) is 4.79 Å². The van der Waals surface area contributed by atoms with Crippen molar-refractivity contribution in [1.29, 1.82) is 0 Å². The quantitative estimate of drug-likeness (QED) is 0.690. The fraction of sp³-hybridized carbons (Fsp3) is 0.533. The average Bonchev–Trinajstić information content (AvgIpc) is 2.40. The van der Waals surface area contributed by atoms with Crippen molar-refractivity contribution in [1.82, 2.24) is 10.2 Å². The number of hydrogen-bond donors (Lipinski definition) is 3. The van der Waals surface area contributed by atoms with Crippen LogP contribution in [0.25, 0.3) is 0 Å². The summed E-state index contributed by atoms with van der Waals surface area (Å²) in [6.45, 7) is 7.00. The molecule has 0 aliphatic carbocycles. The highest BCUT2D eigenvalue weighted by molar-refractivity contribution is 5.68. The monoisotopic (exact) mass is 294 g/mol. The zero-order chi connectivity index (χ0) is 15.6. The minimum absolute atomic E-state index is 0.0824. The van der Waals surface area contributed by atoms with Gasteiger partial charge in [-0.15, -0.1) is 0 Å². The molecule has 1 aliphatic rings. The van der Waals surface area contributed by atoms with Crippen LogP contribution in [0.1, 0.15) is 32.4 Å². The zero-order valence-electron chi connectivity index (χ0n) is 12.6. The van der Waals surface area contributed by atoms with Crippen molar-refractivity contribution < 1.29 is 19.7 Å². The smallest absolute Gasteiger partial charge is 0.410 e. The van der Waals surface area contributed by atoms with Crippen molar-refractivity contribution in [2.24, 2.45) is 0 Å². The Kier molecular flexibility index (Phi) is 4.27. The molecular weight excluding hydrogens is 272 g/mol. The molecule has 116 valence electrons. The maximum Gasteiger partial charge on any atom is 0.410 e. The van der Waals surface area contributed by atoms with Gasteiger partial charge in [0.25, 0.3) is 0 Å². The van der Waals surface area contributed by atoms with E-state index in [9.17, 15) is 15.0 Å². The first-order chi connectivity index (χ1) is 9.76. The molecule has 0 saturated carbocycles. The fourth-order valence-electron chi connectivity index (χ4n) is 2.27. The summed E-state index contributed by atoms with van der Waals surface area (Å²) in [5.41, 5.74) is 0.0354. The van der Waals surface area contributed by atoms with E-state index in [2.05, 4.69) is 5.32 Å². The van der Waals surface area contributed by atoms with Crippen LogP contribution in [0.3, 0.4) is 0 Å². The van der Waals surface area contributed by atoms with Crippen molar-refractivity contribution in [2.45, 2.75) is 32.4 Å². The summed E-state index contributed by atoms with van der Waals surface area (Å²) in [5.74, 6) is 0.176. The molecule has 2 rings (SSSR count). The van der Waals surface area contributed by atoms with Crippen LogP contribution in [-0.2, 0) is 4.74 Å². The Morgan fingerprint density at radius 1 is 1.38 bits per heavy atom. The third kappa shape index (κ3) is 4.01. The molecule has 6 heteroatoms. The Labute approximate surface area is 124 Å². The predicted octanol–water partition coefficient (Wildman–Crippen LogP) is 1.98. The van der Waals surface area contributed by atoms with E-state index in [4.69, 9.17) is 4.74 Å². The number of carbonyl (C=O) groups excluding carboxylic acids is 1. The summed E-state index contributed by atoms with van der Waals surface area (Å²) in [6, 6.07) is 4.14. The summed E-state index contributed by atoms with van der Waals surface area (Å²) < 4.78 is 5.36. The first kappa shape index (κ1) is 15.4. The van der Waals surface area contributed by atoms with Gasteiger partial charge in [0, 0.05) is 25.2 Å². The van der Waals surface area contributed by atoms with Gasteiger partial charge in [-0.3, -0.25) is 0 Å². The molecule has 1 heterocycles. The molecule has 1 fully saturated rings. The van der Waals surface area contributed by atoms with Gasteiger partial charge in [0.1, 0.15) is 17.1 Å². The van der Waals surface area contributed by atoms with Crippen LogP contribution < -0.4 is 5.32 Å². The predicted molar refractivity (Wildman–Crippen MR) is 78.3 cm³/mol. The van der Waals surface area contributed by atoms with Crippen molar-refractivity contribution in [3.8, 4) is 11.5 Å². The lowest BCUT2D eigenvalue weighted by Crippen LogP contribution is -2.49. The number of rotatable bonds is 1. The molecular formula is C15H22N2O4. The van der Waals surface area contributed by atoms with Crippen LogP contribution in [0.2, 0.25) is 0 Å². The minimum Gasteiger partial charge on any atom is -0.508 e. The number of phenolic OH excluding ortho intramolecular Hbond substituents is 2. The van der Waals surface area contributed by atoms with Crippen molar-refractivity contribution in [3.05, 3.63) is 23.8 Å². The summed E-state index contributed by atoms with van der Waals surface area (Å²) >= 11 is 0. The van der Waals surface area contributed by atoms with E-state index in [-0.39, 0.29) is 23.6 Å². The second-order valence-corrected chi connectivity index (χ2v) is 6.18. The molecule has 1 atom stereocenters. The lowest BCUT2D eigenvalue weighted by atomic mass is 10.0. The van der Waals surface area contributed by atoms with Crippen LogP contribution >= 0.6 is 0 Å². The Morgan fingerprint density at radius 3 is 2.76 bits per heavy atom. The van der Waals surface area contributed by atoms with Crippen LogP contribution in [0.5, 0.6) is 11.5 Å². The van der Waals surface area contributed by atoms with E-state index in [1.54, 1.807) is 4.90 Å². The van der Waals surface area contributed by atoms with Gasteiger partial charge in [-0.2, -0.15) is 0 Å². The van der Waals surface area contributed by atoms with Gasteiger partial charge < -0.3 is 25.2 Å². The maximum atomic E-state index is 12.1. The van der Waals surface area contributed by atoms with E-state index in [1.807, 2.05) is 20.8 Å². The molecule has 21 heavy (non-hydrogen) atoms. The van der Waals surface area contributed by atoms with Gasteiger partial charge in [0.15, 0.2) is 0 Å². The second kappa shape index (κ2) is 5.81. The van der Waals surface area contributed by atoms with E-state index in [0.29, 0.717) is 25.2 Å². The number of hydrogen-bond acceptors (Lipinski definition) is 5. The highest BCUT2D eigenvalue weighted by Gasteiger charge is 2.29. The average molecular weight is 294 g/mol. The Hall–Kier alpha value is -1.95. The number of nitrogens with one attached hydrogen (secondary N) is 1. The number of amides is 1. The number of carbonyl (C=O) groups is 1. The number of benzene rings is 1. The molecule has 1 unspecified atom stereocenters. The molecule has 0 radical (unpaired) electrons. The third-order valence-electron chi connectivity index (χ3n) is 3.21. The Bertz CT molecular complexity index is 525. The maximum absolute atomic E-state index is 12.1. The van der Waals surface area contributed by atoms with Crippen LogP contribution in [0, 0.1) is 0 Å². The van der Waals surface area contributed by atoms with Gasteiger partial charge in [-0.1, -0.05) is 0 Å². The first-order valence-corrected chi connectivity index (χ1v) is 6.99. The fourth-order valence-corrected chi connectivity index (χ4v) is 2.27. The molecule has 1 aliphatic heterocycles. The highest BCUT2D eigenvalue weighted by atomic mass is 16.6. The first-order valence-electron chi connectivity index (χ1n) is 6.99. The highest BCUT2D eigenvalue weighted by Crippen LogP contribution is 2.29. The van der Waals surface area contributed by atoms with E-state index >= 15 is 0 Å². The van der Waals surface area contributed by atoms with Gasteiger partial charge in [0.05, 0.1) is 6.04 Å². The van der Waals surface area contributed by atoms with Crippen LogP contribution in [0.15, 0.2) is 18.2 Å². The van der Waals surface area contributed by atoms with Gasteiger partial charge in [0.2, 0.25) is 0 Å². The number of piperazine rings is 1. The molecule has 1 aromatic rings. The second-order valence-electron chi connectivity index (χ2n) is 6.18. The minimum atomic E-state index is -0.537. The summed E-state index contributed by atoms with van der Waals surface area (Å²) in [4.78, 5) is 13.7. The molecule has 1 aromatic carbocycles. The molecule has 0 bridgehead atoms. The molecule has 1 saturated heterocycles. The Balaban J connectivity index is 2.10. The van der Waals surface area contributed by atoms with E-state index in [0.717, 1.165) is 0 Å². The van der Waals surface area contributed by atoms with Crippen molar-refractivity contribution in [2.75, 3.05) is 19.6 Å². The molecule has 0 spiro atoms. The lowest BCUT2D eigenvalue weighted by Gasteiger charge is -2.35. The summed E-state index contributed by atoms with van der Waals surface area (Å²) in [6.07, 6.45) is -0.367. The number of aromatic hydroxyl groups is 2. The Morgan fingerprint density at radius 2 is 2.10 bits per heavy atom. The third-order valence-corrected chi connectivity index (χ3v) is 3.21. The van der Waals surface area contributed by atoms with Gasteiger partial charge in [-0.05, 0) is 39.0 Å². The van der Waals surface area contributed by atoms with Crippen LogP contribution in [-0.4, -0.2) is 46.4 Å². The standard InChI is InChI=1S/C15H22N2O4/c1-15(2,3)21-14(20)17-7-6-16-12(9-17)11-8-10(18)4-5-13(11)19/h4-5,8,12,16,18-19H,6-7,9H2,1-3H3. The normalized spacial score (nSPS) is 19.4. The van der Waals surface area contributed by atoms with Crippen molar-refractivity contribution >= 4 is 6.09 Å². The number of ether oxygens (including phenoxy) is 1. The lowest BCUT2D eigenvalue weighted by molar-refractivity contribution is 0.0194.